The maximum Gasteiger partial charge on any atom is 0.331 e. The van der Waals surface area contributed by atoms with Crippen molar-refractivity contribution in [1.29, 1.82) is 0 Å². The third kappa shape index (κ3) is 7.11. The molecule has 1 aromatic rings. The van der Waals surface area contributed by atoms with Gasteiger partial charge in [0.2, 0.25) is 0 Å². The Hall–Kier alpha value is -2.66. The van der Waals surface area contributed by atoms with Crippen molar-refractivity contribution in [1.82, 2.24) is 0 Å². The minimum absolute atomic E-state index is 0.179. The lowest BCUT2D eigenvalue weighted by Crippen LogP contribution is -2.79. The molecule has 0 unspecified atom stereocenters. The predicted molar refractivity (Wildman–Crippen MR) is 209 cm³/mol. The van der Waals surface area contributed by atoms with Gasteiger partial charge in [-0.05, 0) is 131 Å². The number of cyclic esters (lactones) is 1. The average molecular weight is 743 g/mol. The van der Waals surface area contributed by atoms with Gasteiger partial charge in [-0.3, -0.25) is 4.79 Å². The van der Waals surface area contributed by atoms with Gasteiger partial charge < -0.3 is 24.8 Å². The normalized spacial score (nSPS) is 37.4. The quantitative estimate of drug-likeness (QED) is 0.146. The number of ether oxygens (including phenoxy) is 2. The van der Waals surface area contributed by atoms with E-state index in [1.54, 1.807) is 0 Å². The smallest absolute Gasteiger partial charge is 0.331 e. The summed E-state index contributed by atoms with van der Waals surface area (Å²) in [5.41, 5.74) is -2.00. The Balaban J connectivity index is 1.28. The molecule has 0 amide bonds. The summed E-state index contributed by atoms with van der Waals surface area (Å²) in [6, 6.07) is 10.5. The highest BCUT2D eigenvalue weighted by molar-refractivity contribution is 5.85. The number of esters is 2. The van der Waals surface area contributed by atoms with E-state index in [1.165, 1.54) is 50.2 Å². The molecule has 4 saturated carbocycles. The van der Waals surface area contributed by atoms with E-state index in [9.17, 15) is 24.9 Å². The third-order valence-corrected chi connectivity index (χ3v) is 16.1. The molecule has 0 aromatic heterocycles. The van der Waals surface area contributed by atoms with Crippen molar-refractivity contribution in [2.45, 2.75) is 173 Å². The fourth-order valence-electron chi connectivity index (χ4n) is 13.1. The number of benzene rings is 1. The molecule has 4 aliphatic carbocycles. The molecule has 2 bridgehead atoms. The molecule has 2 heterocycles. The highest BCUT2D eigenvalue weighted by Crippen LogP contribution is 2.72. The van der Waals surface area contributed by atoms with Gasteiger partial charge in [-0.1, -0.05) is 69.4 Å². The molecule has 0 radical (unpaired) electrons. The van der Waals surface area contributed by atoms with Gasteiger partial charge in [-0.25, -0.2) is 4.79 Å². The molecule has 3 N–H and O–H groups in total. The van der Waals surface area contributed by atoms with Crippen molar-refractivity contribution in [2.24, 2.45) is 39.4 Å². The Kier molecular flexibility index (Phi) is 11.5. The second-order valence-electron chi connectivity index (χ2n) is 19.2. The molecule has 7 heteroatoms. The highest BCUT2D eigenvalue weighted by Gasteiger charge is 2.77. The van der Waals surface area contributed by atoms with E-state index in [4.69, 9.17) is 9.47 Å². The van der Waals surface area contributed by atoms with E-state index in [1.807, 2.05) is 13.0 Å². The van der Waals surface area contributed by atoms with Crippen LogP contribution in [0.4, 0.5) is 0 Å². The van der Waals surface area contributed by atoms with Crippen molar-refractivity contribution in [3.8, 4) is 11.8 Å². The monoisotopic (exact) mass is 742 g/mol. The minimum atomic E-state index is -1.66. The van der Waals surface area contributed by atoms with Gasteiger partial charge in [-0.2, -0.15) is 0 Å². The van der Waals surface area contributed by atoms with Crippen LogP contribution in [0.5, 0.6) is 0 Å². The molecule has 2 aliphatic heterocycles. The van der Waals surface area contributed by atoms with Crippen LogP contribution in [0.1, 0.15) is 148 Å². The van der Waals surface area contributed by atoms with E-state index in [2.05, 4.69) is 50.0 Å². The first-order chi connectivity index (χ1) is 25.8. The van der Waals surface area contributed by atoms with Gasteiger partial charge in [0, 0.05) is 24.8 Å². The van der Waals surface area contributed by atoms with Gasteiger partial charge in [0.15, 0.2) is 0 Å². The number of aryl methyl sites for hydroxylation is 1. The van der Waals surface area contributed by atoms with Crippen molar-refractivity contribution in [3.05, 3.63) is 47.5 Å². The second-order valence-corrected chi connectivity index (χ2v) is 19.2. The van der Waals surface area contributed by atoms with E-state index in [0.29, 0.717) is 49.4 Å². The first-order valence-electron chi connectivity index (χ1n) is 21.5. The number of hydrogen-bond acceptors (Lipinski definition) is 7. The molecule has 7 nitrogen and oxygen atoms in total. The fourth-order valence-corrected chi connectivity index (χ4v) is 13.1. The Morgan fingerprint density at radius 2 is 1.69 bits per heavy atom. The molecule has 1 spiro atoms. The largest absolute Gasteiger partial charge is 0.462 e. The summed E-state index contributed by atoms with van der Waals surface area (Å²) in [6.45, 7) is 6.74. The summed E-state index contributed by atoms with van der Waals surface area (Å²) in [4.78, 5) is 25.7. The summed E-state index contributed by atoms with van der Waals surface area (Å²) in [5.74, 6) is 6.22. The first-order valence-corrected chi connectivity index (χ1v) is 21.5. The van der Waals surface area contributed by atoms with Crippen LogP contribution in [-0.2, 0) is 25.5 Å². The van der Waals surface area contributed by atoms with Gasteiger partial charge in [0.25, 0.3) is 0 Å². The molecule has 4 fully saturated rings. The minimum Gasteiger partial charge on any atom is -0.462 e. The van der Waals surface area contributed by atoms with Crippen LogP contribution in [-0.4, -0.2) is 57.8 Å². The van der Waals surface area contributed by atoms with E-state index in [-0.39, 0.29) is 31.4 Å². The fraction of sp³-hybridized carbons (Fsp3) is 0.745. The van der Waals surface area contributed by atoms with Crippen LogP contribution < -0.4 is 0 Å². The van der Waals surface area contributed by atoms with Crippen molar-refractivity contribution in [3.63, 3.8) is 0 Å². The maximum absolute atomic E-state index is 13.9. The van der Waals surface area contributed by atoms with Crippen molar-refractivity contribution >= 4 is 11.9 Å². The maximum atomic E-state index is 13.9. The molecular formula is C47H66O7. The third-order valence-electron chi connectivity index (χ3n) is 16.1. The molecule has 6 aliphatic rings. The molecule has 9 atom stereocenters. The zero-order valence-electron chi connectivity index (χ0n) is 33.3. The van der Waals surface area contributed by atoms with Gasteiger partial charge in [0.05, 0.1) is 35.1 Å². The Morgan fingerprint density at radius 3 is 2.39 bits per heavy atom. The Labute approximate surface area is 324 Å². The second kappa shape index (κ2) is 15.7. The number of aliphatic hydroxyl groups excluding tert-OH is 2. The summed E-state index contributed by atoms with van der Waals surface area (Å²) in [5, 5.41) is 39.9. The van der Waals surface area contributed by atoms with Crippen molar-refractivity contribution < 1.29 is 34.4 Å². The zero-order valence-corrected chi connectivity index (χ0v) is 33.3. The average Bonchev–Trinajstić information content (AvgIpc) is 3.81. The van der Waals surface area contributed by atoms with E-state index < -0.39 is 46.1 Å². The van der Waals surface area contributed by atoms with E-state index in [0.717, 1.165) is 50.5 Å². The number of carbonyl (C=O) groups is 2. The molecule has 0 saturated heterocycles. The topological polar surface area (TPSA) is 113 Å². The van der Waals surface area contributed by atoms with Crippen molar-refractivity contribution in [2.75, 3.05) is 6.61 Å². The van der Waals surface area contributed by atoms with Crippen LogP contribution in [0.15, 0.2) is 42.0 Å². The standard InChI is InChI=1S/C47H66O7/c1-33(12-11-15-34-13-5-4-6-14-34)17-18-38(48)47-39(49)22-26-44(3,36-20-27-45(28-21-36)24-9-10-25-45)42(47)37-31-43(2,23-8-7-16-40(50)54-37)46(47,52)29-19-35-30-41(51)53-32-35/h4-6,13-14,30,33,36-39,42,48-49,52H,7,9-12,15-22,24-29,31-32H2,1-3H3/t33-,37-,38+,39+,42+,43+,44+,46-,47+/m1/s1. The summed E-state index contributed by atoms with van der Waals surface area (Å²) in [7, 11) is 0. The first kappa shape index (κ1) is 39.6. The van der Waals surface area contributed by atoms with Crippen LogP contribution in [0.25, 0.3) is 0 Å². The number of carbonyl (C=O) groups excluding carboxylic acids is 2. The van der Waals surface area contributed by atoms with Crippen LogP contribution in [0, 0.1) is 51.3 Å². The van der Waals surface area contributed by atoms with E-state index >= 15 is 0 Å². The van der Waals surface area contributed by atoms with Gasteiger partial charge in [-0.15, -0.1) is 5.92 Å². The lowest BCUT2D eigenvalue weighted by Gasteiger charge is -2.72. The predicted octanol–water partition coefficient (Wildman–Crippen LogP) is 8.41. The SMILES string of the molecule is C[C@H](CCCc1ccccc1)CC[C@H](O)[C@]12[C@@H]([C@H]3C[C@](C)(C#CCCC(=O)O3)[C@]1(O)CCC1=CC(=O)OC1)[C@](C)(C1CCC3(CCCC3)CC1)CC[C@@H]2O. The lowest BCUT2D eigenvalue weighted by molar-refractivity contribution is -0.339. The molecule has 1 aromatic carbocycles. The number of hydrogen-bond donors (Lipinski definition) is 3. The zero-order chi connectivity index (χ0) is 38.2. The summed E-state index contributed by atoms with van der Waals surface area (Å²) in [6.07, 6.45) is 15.5. The van der Waals surface area contributed by atoms with Gasteiger partial charge >= 0.3 is 11.9 Å². The molecule has 54 heavy (non-hydrogen) atoms. The number of fused-ring (bicyclic) bond motifs is 4. The molecule has 296 valence electrons. The lowest BCUT2D eigenvalue weighted by atomic mass is 9.35. The summed E-state index contributed by atoms with van der Waals surface area (Å²) >= 11 is 0. The van der Waals surface area contributed by atoms with Gasteiger partial charge in [0.1, 0.15) is 12.7 Å². The summed E-state index contributed by atoms with van der Waals surface area (Å²) < 4.78 is 11.8. The number of rotatable bonds is 12. The van der Waals surface area contributed by atoms with Crippen LogP contribution >= 0.6 is 0 Å². The Bertz CT molecular complexity index is 1590. The highest BCUT2D eigenvalue weighted by atomic mass is 16.5. The number of aliphatic hydroxyl groups is 3. The molecular weight excluding hydrogens is 677 g/mol. The van der Waals surface area contributed by atoms with Crippen LogP contribution in [0.3, 0.4) is 0 Å². The molecule has 7 rings (SSSR count). The Morgan fingerprint density at radius 1 is 0.944 bits per heavy atom. The van der Waals surface area contributed by atoms with Crippen LogP contribution in [0.2, 0.25) is 0 Å².